The molecule has 116 valence electrons. The van der Waals surface area contributed by atoms with Crippen molar-refractivity contribution in [2.24, 2.45) is 0 Å². The first kappa shape index (κ1) is 16.1. The van der Waals surface area contributed by atoms with E-state index in [0.717, 1.165) is 74.0 Å². The third kappa shape index (κ3) is 2.86. The van der Waals surface area contributed by atoms with Gasteiger partial charge in [0.05, 0.1) is 5.56 Å². The van der Waals surface area contributed by atoms with Crippen LogP contribution in [0.25, 0.3) is 11.1 Å². The van der Waals surface area contributed by atoms with Gasteiger partial charge in [0.2, 0.25) is 0 Å². The second-order valence-electron chi connectivity index (χ2n) is 5.99. The minimum absolute atomic E-state index is 0.254. The maximum absolute atomic E-state index is 12.9. The van der Waals surface area contributed by atoms with Crippen molar-refractivity contribution in [3.63, 3.8) is 0 Å². The van der Waals surface area contributed by atoms with E-state index < -0.39 is 0 Å². The molecule has 1 heterocycles. The Balaban J connectivity index is 2.53. The SMILES string of the molecule is CCCC1=C(CCC)c2c1oc(CCC)c(CCC)c2=O. The first-order valence-electron chi connectivity index (χ1n) is 8.61. The fourth-order valence-electron chi connectivity index (χ4n) is 3.30. The molecule has 1 aliphatic rings. The molecule has 1 aliphatic carbocycles. The zero-order valence-corrected chi connectivity index (χ0v) is 14.0. The van der Waals surface area contributed by atoms with Crippen molar-refractivity contribution in [2.75, 3.05) is 0 Å². The van der Waals surface area contributed by atoms with Crippen molar-refractivity contribution in [1.82, 2.24) is 0 Å². The highest BCUT2D eigenvalue weighted by Crippen LogP contribution is 2.44. The zero-order chi connectivity index (χ0) is 15.4. The zero-order valence-electron chi connectivity index (χ0n) is 14.0. The number of aryl methyl sites for hydroxylation is 1. The van der Waals surface area contributed by atoms with Gasteiger partial charge in [-0.05, 0) is 36.8 Å². The summed E-state index contributed by atoms with van der Waals surface area (Å²) in [6.45, 7) is 8.62. The van der Waals surface area contributed by atoms with Crippen molar-refractivity contribution in [3.05, 3.63) is 32.9 Å². The predicted molar refractivity (Wildman–Crippen MR) is 89.6 cm³/mol. The average Bonchev–Trinajstić information content (AvgIpc) is 2.47. The summed E-state index contributed by atoms with van der Waals surface area (Å²) >= 11 is 0. The van der Waals surface area contributed by atoms with Crippen LogP contribution >= 0.6 is 0 Å². The van der Waals surface area contributed by atoms with Crippen molar-refractivity contribution >= 4 is 11.1 Å². The number of hydrogen-bond donors (Lipinski definition) is 0. The molecule has 2 rings (SSSR count). The molecule has 0 aromatic carbocycles. The Labute approximate surface area is 128 Å². The Kier molecular flexibility index (Phi) is 5.44. The largest absolute Gasteiger partial charge is 0.460 e. The first-order valence-corrected chi connectivity index (χ1v) is 8.61. The van der Waals surface area contributed by atoms with Crippen molar-refractivity contribution in [2.45, 2.75) is 79.1 Å². The number of hydrogen-bond acceptors (Lipinski definition) is 2. The van der Waals surface area contributed by atoms with Gasteiger partial charge in [0.25, 0.3) is 0 Å². The fourth-order valence-corrected chi connectivity index (χ4v) is 3.30. The molecule has 0 unspecified atom stereocenters. The van der Waals surface area contributed by atoms with E-state index in [1.54, 1.807) is 0 Å². The van der Waals surface area contributed by atoms with Crippen LogP contribution in [-0.2, 0) is 12.8 Å². The molecule has 0 spiro atoms. The number of allylic oxidation sites excluding steroid dienone is 2. The Morgan fingerprint density at radius 3 is 1.90 bits per heavy atom. The number of rotatable bonds is 8. The van der Waals surface area contributed by atoms with Gasteiger partial charge in [0.15, 0.2) is 5.43 Å². The number of fused-ring (bicyclic) bond motifs is 1. The molecule has 0 saturated heterocycles. The van der Waals surface area contributed by atoms with Crippen LogP contribution in [0.3, 0.4) is 0 Å². The lowest BCUT2D eigenvalue weighted by Crippen LogP contribution is -2.24. The van der Waals surface area contributed by atoms with Gasteiger partial charge in [0, 0.05) is 12.0 Å². The molecule has 2 nitrogen and oxygen atoms in total. The van der Waals surface area contributed by atoms with Crippen LogP contribution in [0.2, 0.25) is 0 Å². The summed E-state index contributed by atoms with van der Waals surface area (Å²) in [4.78, 5) is 12.9. The average molecular weight is 288 g/mol. The minimum atomic E-state index is 0.254. The molecule has 0 N–H and O–H groups in total. The van der Waals surface area contributed by atoms with Crippen molar-refractivity contribution in [3.8, 4) is 0 Å². The van der Waals surface area contributed by atoms with Crippen LogP contribution in [0.1, 0.15) is 88.9 Å². The van der Waals surface area contributed by atoms with E-state index in [2.05, 4.69) is 27.7 Å². The summed E-state index contributed by atoms with van der Waals surface area (Å²) in [5.41, 5.74) is 4.69. The molecular formula is C19H28O2. The highest BCUT2D eigenvalue weighted by molar-refractivity contribution is 6.01. The van der Waals surface area contributed by atoms with Gasteiger partial charge in [-0.3, -0.25) is 4.79 Å². The molecule has 1 aromatic heterocycles. The lowest BCUT2D eigenvalue weighted by molar-refractivity contribution is 0.458. The van der Waals surface area contributed by atoms with Crippen LogP contribution in [0, 0.1) is 0 Å². The second-order valence-corrected chi connectivity index (χ2v) is 5.99. The van der Waals surface area contributed by atoms with Gasteiger partial charge in [-0.25, -0.2) is 0 Å². The van der Waals surface area contributed by atoms with Gasteiger partial charge < -0.3 is 4.42 Å². The summed E-state index contributed by atoms with van der Waals surface area (Å²) in [7, 11) is 0. The van der Waals surface area contributed by atoms with Gasteiger partial charge in [-0.1, -0.05) is 47.0 Å². The molecule has 0 saturated carbocycles. The summed E-state index contributed by atoms with van der Waals surface area (Å²) in [5, 5.41) is 0. The van der Waals surface area contributed by atoms with E-state index in [1.807, 2.05) is 0 Å². The standard InChI is InChI=1S/C19H28O2/c1-5-9-13-14(10-6-2)19-17(13)18(20)15(11-7-3)16(21-19)12-8-4/h5-12H2,1-4H3. The predicted octanol–water partition coefficient (Wildman–Crippen LogP) is 5.37. The lowest BCUT2D eigenvalue weighted by Gasteiger charge is -2.27. The quantitative estimate of drug-likeness (QED) is 0.643. The van der Waals surface area contributed by atoms with Gasteiger partial charge in [-0.2, -0.15) is 0 Å². The maximum atomic E-state index is 12.9. The molecule has 0 aliphatic heterocycles. The maximum Gasteiger partial charge on any atom is 0.196 e. The van der Waals surface area contributed by atoms with E-state index in [9.17, 15) is 4.79 Å². The van der Waals surface area contributed by atoms with E-state index in [1.165, 1.54) is 11.1 Å². The van der Waals surface area contributed by atoms with Crippen molar-refractivity contribution in [1.29, 1.82) is 0 Å². The topological polar surface area (TPSA) is 30.2 Å². The Hall–Kier alpha value is -1.31. The summed E-state index contributed by atoms with van der Waals surface area (Å²) in [5.74, 6) is 1.85. The van der Waals surface area contributed by atoms with Crippen LogP contribution in [0.15, 0.2) is 9.21 Å². The second kappa shape index (κ2) is 7.11. The van der Waals surface area contributed by atoms with Crippen LogP contribution in [0.4, 0.5) is 0 Å². The third-order valence-electron chi connectivity index (χ3n) is 4.21. The highest BCUT2D eigenvalue weighted by atomic mass is 16.3. The highest BCUT2D eigenvalue weighted by Gasteiger charge is 2.32. The molecule has 2 heteroatoms. The Morgan fingerprint density at radius 2 is 1.33 bits per heavy atom. The summed E-state index contributed by atoms with van der Waals surface area (Å²) in [6, 6.07) is 0. The molecule has 0 amide bonds. The van der Waals surface area contributed by atoms with E-state index in [-0.39, 0.29) is 5.43 Å². The van der Waals surface area contributed by atoms with Crippen LogP contribution in [-0.4, -0.2) is 0 Å². The molecule has 0 radical (unpaired) electrons. The molecule has 21 heavy (non-hydrogen) atoms. The van der Waals surface area contributed by atoms with E-state index >= 15 is 0 Å². The van der Waals surface area contributed by atoms with Crippen LogP contribution < -0.4 is 5.43 Å². The molecule has 1 aromatic rings. The molecule has 0 bridgehead atoms. The normalized spacial score (nSPS) is 13.3. The van der Waals surface area contributed by atoms with E-state index in [4.69, 9.17) is 4.42 Å². The smallest absolute Gasteiger partial charge is 0.196 e. The van der Waals surface area contributed by atoms with E-state index in [0.29, 0.717) is 0 Å². The lowest BCUT2D eigenvalue weighted by atomic mass is 9.79. The van der Waals surface area contributed by atoms with Crippen molar-refractivity contribution < 1.29 is 4.42 Å². The summed E-state index contributed by atoms with van der Waals surface area (Å²) in [6.07, 6.45) is 7.96. The molecule has 0 fully saturated rings. The van der Waals surface area contributed by atoms with Gasteiger partial charge >= 0.3 is 0 Å². The minimum Gasteiger partial charge on any atom is -0.460 e. The molecule has 0 atom stereocenters. The Morgan fingerprint density at radius 1 is 0.762 bits per heavy atom. The van der Waals surface area contributed by atoms with Crippen LogP contribution in [0.5, 0.6) is 0 Å². The van der Waals surface area contributed by atoms with Gasteiger partial charge in [-0.15, -0.1) is 0 Å². The monoisotopic (exact) mass is 288 g/mol. The Bertz CT molecular complexity index is 590. The third-order valence-corrected chi connectivity index (χ3v) is 4.21. The first-order chi connectivity index (χ1) is 10.2. The fraction of sp³-hybridized carbons (Fsp3) is 0.632. The summed E-state index contributed by atoms with van der Waals surface area (Å²) < 4.78 is 6.18. The van der Waals surface area contributed by atoms with Gasteiger partial charge in [0.1, 0.15) is 11.5 Å². The molecular weight excluding hydrogens is 260 g/mol.